The number of hydrogen-bond donors (Lipinski definition) is 0. The van der Waals surface area contributed by atoms with Crippen LogP contribution in [0.3, 0.4) is 0 Å². The average Bonchev–Trinajstić information content (AvgIpc) is 2.86. The van der Waals surface area contributed by atoms with Gasteiger partial charge in [-0.15, -0.1) is 0 Å². The second kappa shape index (κ2) is 4.30. The van der Waals surface area contributed by atoms with Crippen molar-refractivity contribution in [1.82, 2.24) is 4.90 Å². The molecule has 4 nitrogen and oxygen atoms in total. The highest BCUT2D eigenvalue weighted by molar-refractivity contribution is 5.67. The molecule has 12 heavy (non-hydrogen) atoms. The summed E-state index contributed by atoms with van der Waals surface area (Å²) in [6.07, 6.45) is 1.63. The molecule has 0 aromatic rings. The summed E-state index contributed by atoms with van der Waals surface area (Å²) >= 11 is 0. The van der Waals surface area contributed by atoms with E-state index in [2.05, 4.69) is 6.92 Å². The Hall–Kier alpha value is -0.770. The van der Waals surface area contributed by atoms with Crippen molar-refractivity contribution in [3.05, 3.63) is 0 Å². The van der Waals surface area contributed by atoms with Crippen LogP contribution in [0.1, 0.15) is 19.8 Å². The SMILES string of the molecule is CCCCOC(=O)N(C)C1CO1. The van der Waals surface area contributed by atoms with Gasteiger partial charge in [0.25, 0.3) is 0 Å². The van der Waals surface area contributed by atoms with Gasteiger partial charge in [-0.1, -0.05) is 13.3 Å². The number of ether oxygens (including phenoxy) is 2. The first kappa shape index (κ1) is 9.32. The van der Waals surface area contributed by atoms with Crippen LogP contribution in [0.2, 0.25) is 0 Å². The highest BCUT2D eigenvalue weighted by Crippen LogP contribution is 2.13. The Morgan fingerprint density at radius 2 is 2.42 bits per heavy atom. The maximum absolute atomic E-state index is 11.1. The van der Waals surface area contributed by atoms with E-state index < -0.39 is 0 Å². The largest absolute Gasteiger partial charge is 0.449 e. The van der Waals surface area contributed by atoms with Crippen LogP contribution in [-0.2, 0) is 9.47 Å². The molecule has 0 N–H and O–H groups in total. The monoisotopic (exact) mass is 173 g/mol. The smallest absolute Gasteiger partial charge is 0.411 e. The van der Waals surface area contributed by atoms with Gasteiger partial charge in [0.05, 0.1) is 13.2 Å². The lowest BCUT2D eigenvalue weighted by Crippen LogP contribution is -2.30. The Morgan fingerprint density at radius 3 is 2.92 bits per heavy atom. The zero-order valence-electron chi connectivity index (χ0n) is 7.58. The molecule has 0 aromatic heterocycles. The first-order chi connectivity index (χ1) is 5.75. The predicted molar refractivity (Wildman–Crippen MR) is 43.8 cm³/mol. The molecule has 0 aliphatic carbocycles. The topological polar surface area (TPSA) is 42.1 Å². The fourth-order valence-electron chi connectivity index (χ4n) is 0.790. The average molecular weight is 173 g/mol. The Balaban J connectivity index is 2.09. The van der Waals surface area contributed by atoms with Gasteiger partial charge in [0, 0.05) is 7.05 Å². The summed E-state index contributed by atoms with van der Waals surface area (Å²) < 4.78 is 9.88. The highest BCUT2D eigenvalue weighted by atomic mass is 16.6. The lowest BCUT2D eigenvalue weighted by Gasteiger charge is -2.13. The predicted octanol–water partition coefficient (Wildman–Crippen LogP) is 1.21. The third kappa shape index (κ3) is 2.70. The number of amides is 1. The second-order valence-corrected chi connectivity index (χ2v) is 2.87. The summed E-state index contributed by atoms with van der Waals surface area (Å²) in [7, 11) is 1.69. The van der Waals surface area contributed by atoms with Crippen LogP contribution < -0.4 is 0 Å². The van der Waals surface area contributed by atoms with E-state index in [9.17, 15) is 4.79 Å². The van der Waals surface area contributed by atoms with Crippen LogP contribution in [0.5, 0.6) is 0 Å². The maximum Gasteiger partial charge on any atom is 0.411 e. The van der Waals surface area contributed by atoms with Gasteiger partial charge in [-0.2, -0.15) is 0 Å². The lowest BCUT2D eigenvalue weighted by atomic mass is 10.4. The van der Waals surface area contributed by atoms with E-state index in [1.54, 1.807) is 7.05 Å². The van der Waals surface area contributed by atoms with Crippen molar-refractivity contribution in [2.24, 2.45) is 0 Å². The Morgan fingerprint density at radius 1 is 1.75 bits per heavy atom. The third-order valence-corrected chi connectivity index (χ3v) is 1.76. The number of rotatable bonds is 4. The van der Waals surface area contributed by atoms with Gasteiger partial charge in [-0.25, -0.2) is 4.79 Å². The summed E-state index contributed by atoms with van der Waals surface area (Å²) in [5, 5.41) is 0. The van der Waals surface area contributed by atoms with Gasteiger partial charge in [0.1, 0.15) is 0 Å². The minimum atomic E-state index is -0.286. The third-order valence-electron chi connectivity index (χ3n) is 1.76. The molecule has 4 heteroatoms. The second-order valence-electron chi connectivity index (χ2n) is 2.87. The van der Waals surface area contributed by atoms with E-state index in [1.807, 2.05) is 0 Å². The van der Waals surface area contributed by atoms with Gasteiger partial charge < -0.3 is 9.47 Å². The first-order valence-corrected chi connectivity index (χ1v) is 4.27. The van der Waals surface area contributed by atoms with Crippen LogP contribution in [0, 0.1) is 0 Å². The fraction of sp³-hybridized carbons (Fsp3) is 0.875. The van der Waals surface area contributed by atoms with Crippen molar-refractivity contribution in [1.29, 1.82) is 0 Å². The van der Waals surface area contributed by atoms with E-state index in [0.717, 1.165) is 12.8 Å². The van der Waals surface area contributed by atoms with Crippen molar-refractivity contribution in [2.75, 3.05) is 20.3 Å². The Kier molecular flexibility index (Phi) is 3.34. The number of epoxide rings is 1. The number of hydrogen-bond acceptors (Lipinski definition) is 3. The normalized spacial score (nSPS) is 20.3. The van der Waals surface area contributed by atoms with Crippen molar-refractivity contribution < 1.29 is 14.3 Å². The van der Waals surface area contributed by atoms with E-state index in [4.69, 9.17) is 9.47 Å². The number of unbranched alkanes of at least 4 members (excludes halogenated alkanes) is 1. The molecule has 1 rings (SSSR count). The minimum Gasteiger partial charge on any atom is -0.449 e. The molecule has 1 aliphatic rings. The van der Waals surface area contributed by atoms with Gasteiger partial charge >= 0.3 is 6.09 Å². The molecule has 1 atom stereocenters. The van der Waals surface area contributed by atoms with Gasteiger partial charge in [-0.05, 0) is 6.42 Å². The quantitative estimate of drug-likeness (QED) is 0.474. The molecule has 0 radical (unpaired) electrons. The van der Waals surface area contributed by atoms with E-state index in [-0.39, 0.29) is 12.3 Å². The van der Waals surface area contributed by atoms with Crippen molar-refractivity contribution in [3.8, 4) is 0 Å². The number of likely N-dealkylation sites (N-methyl/N-ethyl adjacent to an activating group) is 1. The number of nitrogens with zero attached hydrogens (tertiary/aromatic N) is 1. The summed E-state index contributed by atoms with van der Waals surface area (Å²) in [5.41, 5.74) is 0. The van der Waals surface area contributed by atoms with Crippen LogP contribution in [-0.4, -0.2) is 37.5 Å². The molecule has 1 saturated heterocycles. The summed E-state index contributed by atoms with van der Waals surface area (Å²) in [5.74, 6) is 0. The Bertz CT molecular complexity index is 156. The highest BCUT2D eigenvalue weighted by Gasteiger charge is 2.31. The molecular formula is C8H15NO3. The zero-order valence-corrected chi connectivity index (χ0v) is 7.58. The molecule has 0 bridgehead atoms. The molecule has 0 aromatic carbocycles. The Labute approximate surface area is 72.4 Å². The maximum atomic E-state index is 11.1. The van der Waals surface area contributed by atoms with Gasteiger partial charge in [0.15, 0.2) is 6.23 Å². The van der Waals surface area contributed by atoms with E-state index >= 15 is 0 Å². The van der Waals surface area contributed by atoms with Crippen molar-refractivity contribution in [3.63, 3.8) is 0 Å². The van der Waals surface area contributed by atoms with E-state index in [0.29, 0.717) is 13.2 Å². The molecule has 0 saturated carbocycles. The molecule has 1 amide bonds. The molecule has 1 fully saturated rings. The molecule has 1 heterocycles. The summed E-state index contributed by atoms with van der Waals surface area (Å²) in [4.78, 5) is 12.6. The fourth-order valence-corrected chi connectivity index (χ4v) is 0.790. The van der Waals surface area contributed by atoms with Gasteiger partial charge in [-0.3, -0.25) is 4.90 Å². The van der Waals surface area contributed by atoms with Crippen LogP contribution in [0.25, 0.3) is 0 Å². The lowest BCUT2D eigenvalue weighted by molar-refractivity contribution is 0.0938. The molecule has 0 spiro atoms. The van der Waals surface area contributed by atoms with Crippen LogP contribution >= 0.6 is 0 Å². The molecule has 70 valence electrons. The standard InChI is InChI=1S/C8H15NO3/c1-3-4-5-11-8(10)9(2)7-6-12-7/h7H,3-6H2,1-2H3. The van der Waals surface area contributed by atoms with Crippen molar-refractivity contribution >= 4 is 6.09 Å². The van der Waals surface area contributed by atoms with Crippen molar-refractivity contribution in [2.45, 2.75) is 26.0 Å². The molecular weight excluding hydrogens is 158 g/mol. The summed E-state index contributed by atoms with van der Waals surface area (Å²) in [6, 6.07) is 0. The zero-order chi connectivity index (χ0) is 8.97. The number of carbonyl (C=O) groups is 1. The van der Waals surface area contributed by atoms with Crippen LogP contribution in [0.4, 0.5) is 4.79 Å². The summed E-state index contributed by atoms with van der Waals surface area (Å²) in [6.45, 7) is 3.20. The van der Waals surface area contributed by atoms with E-state index in [1.165, 1.54) is 4.90 Å². The molecule has 1 aliphatic heterocycles. The minimum absolute atomic E-state index is 0.0425. The van der Waals surface area contributed by atoms with Gasteiger partial charge in [0.2, 0.25) is 0 Å². The first-order valence-electron chi connectivity index (χ1n) is 4.27. The number of carbonyl (C=O) groups excluding carboxylic acids is 1. The molecule has 1 unspecified atom stereocenters. The van der Waals surface area contributed by atoms with Crippen LogP contribution in [0.15, 0.2) is 0 Å².